The van der Waals surface area contributed by atoms with Crippen molar-refractivity contribution in [2.45, 2.75) is 26.9 Å². The van der Waals surface area contributed by atoms with E-state index in [0.717, 1.165) is 37.8 Å². The lowest BCUT2D eigenvalue weighted by atomic mass is 10.2. The average molecular weight is 259 g/mol. The Labute approximate surface area is 114 Å². The molecule has 0 unspecified atom stereocenters. The van der Waals surface area contributed by atoms with Crippen molar-refractivity contribution in [1.29, 1.82) is 0 Å². The minimum Gasteiger partial charge on any atom is -0.467 e. The Balaban J connectivity index is 2.02. The molecule has 2 aromatic rings. The van der Waals surface area contributed by atoms with E-state index < -0.39 is 0 Å². The molecule has 0 fully saturated rings. The van der Waals surface area contributed by atoms with E-state index >= 15 is 0 Å². The maximum atomic E-state index is 5.38. The maximum Gasteiger partial charge on any atom is 0.128 e. The minimum atomic E-state index is 0.753. The lowest BCUT2D eigenvalue weighted by Crippen LogP contribution is -2.23. The molecule has 0 bridgehead atoms. The van der Waals surface area contributed by atoms with Crippen molar-refractivity contribution in [3.05, 3.63) is 48.0 Å². The highest BCUT2D eigenvalue weighted by Gasteiger charge is 2.08. The third-order valence-electron chi connectivity index (χ3n) is 3.02. The molecule has 0 aliphatic heterocycles. The summed E-state index contributed by atoms with van der Waals surface area (Å²) in [4.78, 5) is 6.72. The summed E-state index contributed by atoms with van der Waals surface area (Å²) < 4.78 is 5.38. The van der Waals surface area contributed by atoms with Crippen molar-refractivity contribution in [3.63, 3.8) is 0 Å². The van der Waals surface area contributed by atoms with Gasteiger partial charge in [0.25, 0.3) is 0 Å². The van der Waals surface area contributed by atoms with Crippen LogP contribution < -0.4 is 10.2 Å². The van der Waals surface area contributed by atoms with Crippen molar-refractivity contribution in [3.8, 4) is 0 Å². The van der Waals surface area contributed by atoms with Crippen LogP contribution in [0.2, 0.25) is 0 Å². The Morgan fingerprint density at radius 2 is 2.16 bits per heavy atom. The van der Waals surface area contributed by atoms with Crippen molar-refractivity contribution in [2.24, 2.45) is 0 Å². The van der Waals surface area contributed by atoms with Gasteiger partial charge < -0.3 is 14.6 Å². The second-order valence-corrected chi connectivity index (χ2v) is 4.40. The van der Waals surface area contributed by atoms with Crippen molar-refractivity contribution in [1.82, 2.24) is 10.3 Å². The van der Waals surface area contributed by atoms with E-state index in [1.807, 2.05) is 18.3 Å². The van der Waals surface area contributed by atoms with Crippen LogP contribution in [0.15, 0.2) is 41.1 Å². The summed E-state index contributed by atoms with van der Waals surface area (Å²) in [6, 6.07) is 8.09. The van der Waals surface area contributed by atoms with Crippen LogP contribution in [0.5, 0.6) is 0 Å². The fraction of sp³-hybridized carbons (Fsp3) is 0.400. The highest BCUT2D eigenvalue weighted by atomic mass is 16.3. The number of aromatic nitrogens is 1. The van der Waals surface area contributed by atoms with Gasteiger partial charge in [0.15, 0.2) is 0 Å². The second kappa shape index (κ2) is 6.95. The lowest BCUT2D eigenvalue weighted by molar-refractivity contribution is 0.503. The monoisotopic (exact) mass is 259 g/mol. The first-order valence-electron chi connectivity index (χ1n) is 6.76. The molecule has 0 aromatic carbocycles. The maximum absolute atomic E-state index is 5.38. The molecule has 0 radical (unpaired) electrons. The van der Waals surface area contributed by atoms with Crippen LogP contribution in [0, 0.1) is 0 Å². The summed E-state index contributed by atoms with van der Waals surface area (Å²) in [5, 5.41) is 3.29. The van der Waals surface area contributed by atoms with E-state index in [-0.39, 0.29) is 0 Å². The summed E-state index contributed by atoms with van der Waals surface area (Å²) in [5.41, 5.74) is 1.21. The van der Waals surface area contributed by atoms with Gasteiger partial charge in [-0.15, -0.1) is 0 Å². The molecule has 0 saturated carbocycles. The Morgan fingerprint density at radius 3 is 2.74 bits per heavy atom. The predicted molar refractivity (Wildman–Crippen MR) is 77.0 cm³/mol. The topological polar surface area (TPSA) is 41.3 Å². The van der Waals surface area contributed by atoms with Gasteiger partial charge in [0, 0.05) is 19.3 Å². The van der Waals surface area contributed by atoms with Crippen LogP contribution in [-0.2, 0) is 13.1 Å². The molecule has 4 nitrogen and oxygen atoms in total. The van der Waals surface area contributed by atoms with E-state index in [1.165, 1.54) is 5.56 Å². The molecule has 1 N–H and O–H groups in total. The SMILES string of the molecule is CCNCc1ccc(N(CC)Cc2ccco2)nc1. The van der Waals surface area contributed by atoms with Gasteiger partial charge in [-0.3, -0.25) is 0 Å². The highest BCUT2D eigenvalue weighted by molar-refractivity contribution is 5.39. The number of nitrogens with zero attached hydrogens (tertiary/aromatic N) is 2. The Bertz CT molecular complexity index is 465. The van der Waals surface area contributed by atoms with Crippen LogP contribution in [0.4, 0.5) is 5.82 Å². The van der Waals surface area contributed by atoms with E-state index in [1.54, 1.807) is 6.26 Å². The Kier molecular flexibility index (Phi) is 4.98. The first-order valence-corrected chi connectivity index (χ1v) is 6.76. The van der Waals surface area contributed by atoms with E-state index in [4.69, 9.17) is 4.42 Å². The molecular formula is C15H21N3O. The van der Waals surface area contributed by atoms with Gasteiger partial charge in [-0.1, -0.05) is 13.0 Å². The standard InChI is InChI=1S/C15H21N3O/c1-3-16-10-13-7-8-15(17-11-13)18(4-2)12-14-6-5-9-19-14/h5-9,11,16H,3-4,10,12H2,1-2H3. The molecule has 0 saturated heterocycles. The van der Waals surface area contributed by atoms with Gasteiger partial charge in [-0.25, -0.2) is 4.98 Å². The first-order chi connectivity index (χ1) is 9.33. The normalized spacial score (nSPS) is 10.6. The van der Waals surface area contributed by atoms with E-state index in [0.29, 0.717) is 0 Å². The quantitative estimate of drug-likeness (QED) is 0.830. The van der Waals surface area contributed by atoms with E-state index in [9.17, 15) is 0 Å². The van der Waals surface area contributed by atoms with Crippen molar-refractivity contribution < 1.29 is 4.42 Å². The molecule has 2 rings (SSSR count). The van der Waals surface area contributed by atoms with Crippen LogP contribution in [-0.4, -0.2) is 18.1 Å². The van der Waals surface area contributed by atoms with Crippen molar-refractivity contribution >= 4 is 5.82 Å². The third-order valence-corrected chi connectivity index (χ3v) is 3.02. The number of rotatable bonds is 7. The van der Waals surface area contributed by atoms with Gasteiger partial charge in [-0.05, 0) is 37.2 Å². The summed E-state index contributed by atoms with van der Waals surface area (Å²) in [7, 11) is 0. The molecule has 2 heterocycles. The number of anilines is 1. The largest absolute Gasteiger partial charge is 0.467 e. The number of furan rings is 1. The minimum absolute atomic E-state index is 0.753. The first kappa shape index (κ1) is 13.6. The molecule has 102 valence electrons. The summed E-state index contributed by atoms with van der Waals surface area (Å²) >= 11 is 0. The molecule has 0 aliphatic rings. The van der Waals surface area contributed by atoms with Gasteiger partial charge in [0.1, 0.15) is 11.6 Å². The van der Waals surface area contributed by atoms with Gasteiger partial charge >= 0.3 is 0 Å². The van der Waals surface area contributed by atoms with Gasteiger partial charge in [0.05, 0.1) is 12.8 Å². The molecule has 2 aromatic heterocycles. The molecule has 0 atom stereocenters. The summed E-state index contributed by atoms with van der Waals surface area (Å²) in [6.07, 6.45) is 3.64. The van der Waals surface area contributed by atoms with Crippen LogP contribution in [0.3, 0.4) is 0 Å². The Morgan fingerprint density at radius 1 is 1.26 bits per heavy atom. The zero-order chi connectivity index (χ0) is 13.5. The van der Waals surface area contributed by atoms with Crippen molar-refractivity contribution in [2.75, 3.05) is 18.0 Å². The van der Waals surface area contributed by atoms with Gasteiger partial charge in [-0.2, -0.15) is 0 Å². The zero-order valence-corrected chi connectivity index (χ0v) is 11.6. The zero-order valence-electron chi connectivity index (χ0n) is 11.6. The summed E-state index contributed by atoms with van der Waals surface area (Å²) in [6.45, 7) is 7.72. The lowest BCUT2D eigenvalue weighted by Gasteiger charge is -2.20. The third kappa shape index (κ3) is 3.83. The molecule has 0 amide bonds. The molecule has 19 heavy (non-hydrogen) atoms. The molecule has 0 aliphatic carbocycles. The molecular weight excluding hydrogens is 238 g/mol. The fourth-order valence-electron chi connectivity index (χ4n) is 1.92. The number of pyridine rings is 1. The summed E-state index contributed by atoms with van der Waals surface area (Å²) in [5.74, 6) is 1.94. The molecule has 0 spiro atoms. The second-order valence-electron chi connectivity index (χ2n) is 4.40. The van der Waals surface area contributed by atoms with Crippen LogP contribution >= 0.6 is 0 Å². The van der Waals surface area contributed by atoms with Gasteiger partial charge in [0.2, 0.25) is 0 Å². The predicted octanol–water partition coefficient (Wildman–Crippen LogP) is 2.81. The number of hydrogen-bond donors (Lipinski definition) is 1. The number of hydrogen-bond acceptors (Lipinski definition) is 4. The van der Waals surface area contributed by atoms with Crippen LogP contribution in [0.25, 0.3) is 0 Å². The smallest absolute Gasteiger partial charge is 0.128 e. The fourth-order valence-corrected chi connectivity index (χ4v) is 1.92. The number of nitrogens with one attached hydrogen (secondary N) is 1. The Hall–Kier alpha value is -1.81. The highest BCUT2D eigenvalue weighted by Crippen LogP contribution is 2.15. The average Bonchev–Trinajstić information content (AvgIpc) is 2.96. The molecule has 4 heteroatoms. The van der Waals surface area contributed by atoms with Crippen LogP contribution in [0.1, 0.15) is 25.2 Å². The van der Waals surface area contributed by atoms with E-state index in [2.05, 4.69) is 41.2 Å².